The van der Waals surface area contributed by atoms with Crippen LogP contribution in [0.15, 0.2) is 48.5 Å². The number of carbonyl (C=O) groups excluding carboxylic acids is 1. The number of amides is 1. The van der Waals surface area contributed by atoms with E-state index in [0.717, 1.165) is 5.56 Å². The molecule has 0 heterocycles. The fourth-order valence-corrected chi connectivity index (χ4v) is 2.55. The second-order valence-electron chi connectivity index (χ2n) is 6.01. The Morgan fingerprint density at radius 3 is 2.59 bits per heavy atom. The van der Waals surface area contributed by atoms with Gasteiger partial charge in [0.2, 0.25) is 0 Å². The third kappa shape index (κ3) is 5.99. The first-order valence-electron chi connectivity index (χ1n) is 8.45. The molecule has 2 aromatic carbocycles. The summed E-state index contributed by atoms with van der Waals surface area (Å²) >= 11 is 0. The van der Waals surface area contributed by atoms with Gasteiger partial charge in [-0.15, -0.1) is 0 Å². The summed E-state index contributed by atoms with van der Waals surface area (Å²) in [5, 5.41) is 12.0. The van der Waals surface area contributed by atoms with Crippen molar-refractivity contribution < 1.29 is 28.6 Å². The Kier molecular flexibility index (Phi) is 7.16. The number of halogens is 1. The maximum Gasteiger partial charge on any atom is 0.308 e. The molecule has 0 radical (unpaired) electrons. The molecule has 0 aliphatic carbocycles. The number of rotatable bonds is 9. The average Bonchev–Trinajstić information content (AvgIpc) is 2.64. The number of aliphatic carboxylic acids is 1. The van der Waals surface area contributed by atoms with Crippen LogP contribution in [0.2, 0.25) is 0 Å². The molecule has 0 aromatic heterocycles. The van der Waals surface area contributed by atoms with E-state index in [4.69, 9.17) is 9.47 Å². The second kappa shape index (κ2) is 9.56. The van der Waals surface area contributed by atoms with E-state index < -0.39 is 29.7 Å². The number of carboxylic acids is 1. The Morgan fingerprint density at radius 1 is 1.19 bits per heavy atom. The lowest BCUT2D eigenvalue weighted by molar-refractivity contribution is -0.141. The van der Waals surface area contributed by atoms with Crippen LogP contribution in [0.5, 0.6) is 11.5 Å². The molecule has 0 spiro atoms. The van der Waals surface area contributed by atoms with Crippen molar-refractivity contribution in [2.45, 2.75) is 19.4 Å². The molecule has 7 heteroatoms. The zero-order valence-electron chi connectivity index (χ0n) is 15.1. The van der Waals surface area contributed by atoms with E-state index in [2.05, 4.69) is 5.32 Å². The largest absolute Gasteiger partial charge is 0.496 e. The van der Waals surface area contributed by atoms with E-state index in [0.29, 0.717) is 5.75 Å². The van der Waals surface area contributed by atoms with Crippen LogP contribution in [0.4, 0.5) is 4.39 Å². The Bertz CT molecular complexity index is 795. The van der Waals surface area contributed by atoms with E-state index in [-0.39, 0.29) is 18.7 Å². The van der Waals surface area contributed by atoms with Crippen molar-refractivity contribution in [1.82, 2.24) is 5.32 Å². The summed E-state index contributed by atoms with van der Waals surface area (Å²) in [7, 11) is 1.52. The molecule has 2 N–H and O–H groups in total. The van der Waals surface area contributed by atoms with Crippen molar-refractivity contribution in [3.05, 3.63) is 59.9 Å². The monoisotopic (exact) mass is 375 g/mol. The molecule has 6 nitrogen and oxygen atoms in total. The molecule has 144 valence electrons. The molecule has 2 aromatic rings. The van der Waals surface area contributed by atoms with Gasteiger partial charge >= 0.3 is 5.97 Å². The lowest BCUT2D eigenvalue weighted by atomic mass is 9.98. The third-order valence-corrected chi connectivity index (χ3v) is 4.01. The minimum atomic E-state index is -1.03. The first-order valence-corrected chi connectivity index (χ1v) is 8.45. The molecule has 2 rings (SSSR count). The summed E-state index contributed by atoms with van der Waals surface area (Å²) in [5.74, 6) is -1.99. The first-order chi connectivity index (χ1) is 12.9. The molecule has 0 aliphatic heterocycles. The van der Waals surface area contributed by atoms with Gasteiger partial charge in [0.25, 0.3) is 5.91 Å². The van der Waals surface area contributed by atoms with Crippen LogP contribution in [-0.2, 0) is 16.0 Å². The lowest BCUT2D eigenvalue weighted by Gasteiger charge is -2.18. The molecule has 0 aliphatic rings. The highest BCUT2D eigenvalue weighted by molar-refractivity contribution is 5.81. The maximum atomic E-state index is 13.2. The Hall–Kier alpha value is -3.09. The van der Waals surface area contributed by atoms with Crippen LogP contribution < -0.4 is 14.8 Å². The Labute approximate surface area is 156 Å². The number of hydrogen-bond acceptors (Lipinski definition) is 4. The van der Waals surface area contributed by atoms with Gasteiger partial charge in [-0.3, -0.25) is 9.59 Å². The Morgan fingerprint density at radius 2 is 1.93 bits per heavy atom. The minimum absolute atomic E-state index is 0.0664. The predicted molar refractivity (Wildman–Crippen MR) is 97.3 cm³/mol. The molecule has 0 saturated carbocycles. The number of para-hydroxylation sites is 1. The summed E-state index contributed by atoms with van der Waals surface area (Å²) in [6.45, 7) is 1.44. The molecular weight excluding hydrogens is 353 g/mol. The summed E-state index contributed by atoms with van der Waals surface area (Å²) in [4.78, 5) is 23.7. The van der Waals surface area contributed by atoms with Crippen LogP contribution in [0, 0.1) is 11.7 Å². The zero-order chi connectivity index (χ0) is 19.8. The van der Waals surface area contributed by atoms with Crippen molar-refractivity contribution >= 4 is 11.9 Å². The molecule has 0 saturated heterocycles. The van der Waals surface area contributed by atoms with E-state index in [9.17, 15) is 19.1 Å². The highest BCUT2D eigenvalue weighted by Crippen LogP contribution is 2.21. The van der Waals surface area contributed by atoms with Gasteiger partial charge in [0.15, 0.2) is 6.10 Å². The van der Waals surface area contributed by atoms with Crippen LogP contribution in [-0.4, -0.2) is 36.7 Å². The average molecular weight is 375 g/mol. The molecule has 0 bridgehead atoms. The van der Waals surface area contributed by atoms with Gasteiger partial charge in [-0.1, -0.05) is 24.3 Å². The fraction of sp³-hybridized carbons (Fsp3) is 0.300. The molecule has 2 atom stereocenters. The van der Waals surface area contributed by atoms with Gasteiger partial charge in [-0.2, -0.15) is 0 Å². The number of carbonyl (C=O) groups is 2. The topological polar surface area (TPSA) is 84.9 Å². The fourth-order valence-electron chi connectivity index (χ4n) is 2.55. The normalized spacial score (nSPS) is 12.7. The lowest BCUT2D eigenvalue weighted by Crippen LogP contribution is -2.41. The SMILES string of the molecule is COc1ccccc1CC(CNC(=O)C(C)Oc1cccc(F)c1)C(=O)O. The van der Waals surface area contributed by atoms with Gasteiger partial charge in [0.1, 0.15) is 17.3 Å². The van der Waals surface area contributed by atoms with Gasteiger partial charge in [-0.25, -0.2) is 4.39 Å². The summed E-state index contributed by atoms with van der Waals surface area (Å²) in [6.07, 6.45) is -0.689. The number of nitrogens with one attached hydrogen (secondary N) is 1. The maximum absolute atomic E-state index is 13.2. The van der Waals surface area contributed by atoms with Crippen molar-refractivity contribution in [2.24, 2.45) is 5.92 Å². The van der Waals surface area contributed by atoms with Crippen LogP contribution >= 0.6 is 0 Å². The van der Waals surface area contributed by atoms with Gasteiger partial charge in [-0.05, 0) is 37.1 Å². The number of ether oxygens (including phenoxy) is 2. The van der Waals surface area contributed by atoms with E-state index in [1.807, 2.05) is 0 Å². The van der Waals surface area contributed by atoms with E-state index in [1.165, 1.54) is 38.3 Å². The Balaban J connectivity index is 1.94. The summed E-state index contributed by atoms with van der Waals surface area (Å²) < 4.78 is 23.8. The molecule has 1 amide bonds. The molecule has 27 heavy (non-hydrogen) atoms. The van der Waals surface area contributed by atoms with Crippen LogP contribution in [0.25, 0.3) is 0 Å². The third-order valence-electron chi connectivity index (χ3n) is 4.01. The first kappa shape index (κ1) is 20.2. The van der Waals surface area contributed by atoms with Crippen molar-refractivity contribution in [2.75, 3.05) is 13.7 Å². The number of hydrogen-bond donors (Lipinski definition) is 2. The zero-order valence-corrected chi connectivity index (χ0v) is 15.1. The number of benzene rings is 2. The van der Waals surface area contributed by atoms with Crippen LogP contribution in [0.1, 0.15) is 12.5 Å². The predicted octanol–water partition coefficient (Wildman–Crippen LogP) is 2.66. The van der Waals surface area contributed by atoms with Crippen LogP contribution in [0.3, 0.4) is 0 Å². The van der Waals surface area contributed by atoms with Crippen molar-refractivity contribution in [3.8, 4) is 11.5 Å². The highest BCUT2D eigenvalue weighted by atomic mass is 19.1. The highest BCUT2D eigenvalue weighted by Gasteiger charge is 2.22. The standard InChI is InChI=1S/C20H22FNO5/c1-13(27-17-8-5-7-16(21)11-17)19(23)22-12-15(20(24)25)10-14-6-3-4-9-18(14)26-2/h3-9,11,13,15H,10,12H2,1-2H3,(H,22,23)(H,24,25). The molecular formula is C20H22FNO5. The quantitative estimate of drug-likeness (QED) is 0.704. The number of methoxy groups -OCH3 is 1. The second-order valence-corrected chi connectivity index (χ2v) is 6.01. The van der Waals surface area contributed by atoms with Gasteiger partial charge in [0.05, 0.1) is 13.0 Å². The van der Waals surface area contributed by atoms with Gasteiger partial charge < -0.3 is 19.9 Å². The van der Waals surface area contributed by atoms with E-state index >= 15 is 0 Å². The van der Waals surface area contributed by atoms with Gasteiger partial charge in [0, 0.05) is 12.6 Å². The van der Waals surface area contributed by atoms with E-state index in [1.54, 1.807) is 24.3 Å². The summed E-state index contributed by atoms with van der Waals surface area (Å²) in [6, 6.07) is 12.6. The molecule has 0 fully saturated rings. The smallest absolute Gasteiger partial charge is 0.308 e. The van der Waals surface area contributed by atoms with Crippen molar-refractivity contribution in [1.29, 1.82) is 0 Å². The summed E-state index contributed by atoms with van der Waals surface area (Å²) in [5.41, 5.74) is 0.741. The number of carboxylic acid groups (broad SMARTS) is 1. The molecule has 2 unspecified atom stereocenters. The minimum Gasteiger partial charge on any atom is -0.496 e. The van der Waals surface area contributed by atoms with Crippen molar-refractivity contribution in [3.63, 3.8) is 0 Å².